The van der Waals surface area contributed by atoms with E-state index in [2.05, 4.69) is 5.32 Å². The number of urea groups is 1. The molecule has 1 aliphatic heterocycles. The summed E-state index contributed by atoms with van der Waals surface area (Å²) >= 11 is 0. The Labute approximate surface area is 139 Å². The normalized spacial score (nSPS) is 16.2. The first-order valence-electron chi connectivity index (χ1n) is 7.60. The number of ether oxygens (including phenoxy) is 1. The number of nitrogens with zero attached hydrogens (tertiary/aromatic N) is 1. The van der Waals surface area contributed by atoms with Crippen molar-refractivity contribution in [2.75, 3.05) is 12.4 Å². The highest BCUT2D eigenvalue weighted by Gasteiger charge is 2.34. The van der Waals surface area contributed by atoms with Crippen LogP contribution < -0.4 is 10.1 Å². The van der Waals surface area contributed by atoms with Gasteiger partial charge in [0.05, 0.1) is 7.11 Å². The molecule has 0 fully saturated rings. The number of anilines is 1. The summed E-state index contributed by atoms with van der Waals surface area (Å²) in [6, 6.07) is 13.2. The van der Waals surface area contributed by atoms with E-state index in [4.69, 9.17) is 4.74 Å². The van der Waals surface area contributed by atoms with Crippen LogP contribution in [0, 0.1) is 0 Å². The molecule has 2 aromatic carbocycles. The van der Waals surface area contributed by atoms with Gasteiger partial charge in [0, 0.05) is 18.7 Å². The first kappa shape index (κ1) is 15.9. The van der Waals surface area contributed by atoms with E-state index in [9.17, 15) is 14.7 Å². The maximum absolute atomic E-state index is 12.6. The molecular weight excluding hydrogens is 308 g/mol. The van der Waals surface area contributed by atoms with Crippen LogP contribution in [0.4, 0.5) is 10.5 Å². The lowest BCUT2D eigenvalue weighted by atomic mass is 9.94. The highest BCUT2D eigenvalue weighted by molar-refractivity contribution is 5.92. The number of carboxylic acids is 1. The predicted molar refractivity (Wildman–Crippen MR) is 89.1 cm³/mol. The van der Waals surface area contributed by atoms with E-state index in [-0.39, 0.29) is 6.54 Å². The standard InChI is InChI=1S/C18H18N2O4/c1-24-15-8-6-14(7-9-15)19-18(23)20-11-13-5-3-2-4-12(13)10-16(20)17(21)22/h2-9,16H,10-11H2,1H3,(H,19,23)(H,21,22). The van der Waals surface area contributed by atoms with Crippen LogP contribution >= 0.6 is 0 Å². The zero-order chi connectivity index (χ0) is 17.1. The Kier molecular flexibility index (Phi) is 4.37. The van der Waals surface area contributed by atoms with E-state index in [1.54, 1.807) is 31.4 Å². The lowest BCUT2D eigenvalue weighted by molar-refractivity contribution is -0.142. The minimum Gasteiger partial charge on any atom is -0.497 e. The molecule has 1 unspecified atom stereocenters. The smallest absolute Gasteiger partial charge is 0.326 e. The van der Waals surface area contributed by atoms with Crippen LogP contribution in [-0.4, -0.2) is 35.2 Å². The van der Waals surface area contributed by atoms with Gasteiger partial charge in [0.25, 0.3) is 0 Å². The molecule has 0 aromatic heterocycles. The molecule has 0 bridgehead atoms. The van der Waals surface area contributed by atoms with Crippen molar-refractivity contribution in [2.24, 2.45) is 0 Å². The zero-order valence-corrected chi connectivity index (χ0v) is 13.2. The van der Waals surface area contributed by atoms with Gasteiger partial charge >= 0.3 is 12.0 Å². The number of hydrogen-bond acceptors (Lipinski definition) is 3. The number of benzene rings is 2. The highest BCUT2D eigenvalue weighted by Crippen LogP contribution is 2.24. The monoisotopic (exact) mass is 326 g/mol. The third-order valence-electron chi connectivity index (χ3n) is 4.14. The van der Waals surface area contributed by atoms with Crippen molar-refractivity contribution in [3.63, 3.8) is 0 Å². The second kappa shape index (κ2) is 6.62. The lowest BCUT2D eigenvalue weighted by Crippen LogP contribution is -2.50. The molecule has 24 heavy (non-hydrogen) atoms. The summed E-state index contributed by atoms with van der Waals surface area (Å²) in [5.74, 6) is -0.322. The zero-order valence-electron chi connectivity index (χ0n) is 13.2. The molecule has 2 amide bonds. The van der Waals surface area contributed by atoms with Gasteiger partial charge in [0.15, 0.2) is 0 Å². The molecule has 0 saturated carbocycles. The largest absolute Gasteiger partial charge is 0.497 e. The molecular formula is C18H18N2O4. The van der Waals surface area contributed by atoms with E-state index >= 15 is 0 Å². The number of rotatable bonds is 3. The number of carbonyl (C=O) groups is 2. The maximum Gasteiger partial charge on any atom is 0.326 e. The van der Waals surface area contributed by atoms with Gasteiger partial charge in [-0.15, -0.1) is 0 Å². The van der Waals surface area contributed by atoms with Crippen molar-refractivity contribution >= 4 is 17.7 Å². The van der Waals surface area contributed by atoms with E-state index < -0.39 is 18.0 Å². The fourth-order valence-electron chi connectivity index (χ4n) is 2.83. The molecule has 6 nitrogen and oxygen atoms in total. The molecule has 2 aromatic rings. The molecule has 2 N–H and O–H groups in total. The molecule has 3 rings (SSSR count). The van der Waals surface area contributed by atoms with Crippen molar-refractivity contribution < 1.29 is 19.4 Å². The van der Waals surface area contributed by atoms with Crippen LogP contribution in [0.5, 0.6) is 5.75 Å². The molecule has 6 heteroatoms. The summed E-state index contributed by atoms with van der Waals surface area (Å²) < 4.78 is 5.08. The van der Waals surface area contributed by atoms with Crippen LogP contribution in [0.15, 0.2) is 48.5 Å². The molecule has 124 valence electrons. The molecule has 0 spiro atoms. The minimum atomic E-state index is -1.01. The molecule has 0 radical (unpaired) electrons. The summed E-state index contributed by atoms with van der Waals surface area (Å²) in [4.78, 5) is 25.5. The van der Waals surface area contributed by atoms with Crippen LogP contribution in [0.25, 0.3) is 0 Å². The summed E-state index contributed by atoms with van der Waals surface area (Å²) in [5.41, 5.74) is 2.53. The van der Waals surface area contributed by atoms with Gasteiger partial charge in [0.1, 0.15) is 11.8 Å². The molecule has 1 aliphatic rings. The quantitative estimate of drug-likeness (QED) is 0.909. The molecule has 1 heterocycles. The Morgan fingerprint density at radius 1 is 1.12 bits per heavy atom. The summed E-state index contributed by atoms with van der Waals surface area (Å²) in [6.07, 6.45) is 0.307. The summed E-state index contributed by atoms with van der Waals surface area (Å²) in [6.45, 7) is 0.273. The minimum absolute atomic E-state index is 0.273. The van der Waals surface area contributed by atoms with Crippen LogP contribution in [0.1, 0.15) is 11.1 Å². The average Bonchev–Trinajstić information content (AvgIpc) is 2.61. The number of nitrogens with one attached hydrogen (secondary N) is 1. The van der Waals surface area contributed by atoms with Crippen LogP contribution in [0.3, 0.4) is 0 Å². The highest BCUT2D eigenvalue weighted by atomic mass is 16.5. The molecule has 1 atom stereocenters. The third-order valence-corrected chi connectivity index (χ3v) is 4.14. The topological polar surface area (TPSA) is 78.9 Å². The van der Waals surface area contributed by atoms with Crippen LogP contribution in [0.2, 0.25) is 0 Å². The predicted octanol–water partition coefficient (Wildman–Crippen LogP) is 2.74. The number of amides is 2. The van der Waals surface area contributed by atoms with Gasteiger partial charge in [-0.2, -0.15) is 0 Å². The van der Waals surface area contributed by atoms with Gasteiger partial charge in [-0.1, -0.05) is 24.3 Å². The third kappa shape index (κ3) is 3.17. The summed E-state index contributed by atoms with van der Waals surface area (Å²) in [5, 5.41) is 12.2. The average molecular weight is 326 g/mol. The van der Waals surface area contributed by atoms with Crippen molar-refractivity contribution in [1.82, 2.24) is 4.90 Å². The second-order valence-corrected chi connectivity index (χ2v) is 5.61. The van der Waals surface area contributed by atoms with Gasteiger partial charge < -0.3 is 20.1 Å². The number of carbonyl (C=O) groups excluding carboxylic acids is 1. The number of hydrogen-bond donors (Lipinski definition) is 2. The second-order valence-electron chi connectivity index (χ2n) is 5.61. The first-order valence-corrected chi connectivity index (χ1v) is 7.60. The van der Waals surface area contributed by atoms with Crippen molar-refractivity contribution in [3.05, 3.63) is 59.7 Å². The van der Waals surface area contributed by atoms with Crippen molar-refractivity contribution in [2.45, 2.75) is 19.0 Å². The van der Waals surface area contributed by atoms with Gasteiger partial charge in [0.2, 0.25) is 0 Å². The number of methoxy groups -OCH3 is 1. The van der Waals surface area contributed by atoms with Crippen LogP contribution in [-0.2, 0) is 17.8 Å². The fraction of sp³-hybridized carbons (Fsp3) is 0.222. The Morgan fingerprint density at radius 3 is 2.42 bits per heavy atom. The van der Waals surface area contributed by atoms with E-state index in [0.29, 0.717) is 17.9 Å². The number of fused-ring (bicyclic) bond motifs is 1. The van der Waals surface area contributed by atoms with Gasteiger partial charge in [-0.05, 0) is 35.4 Å². The van der Waals surface area contributed by atoms with Gasteiger partial charge in [-0.3, -0.25) is 0 Å². The van der Waals surface area contributed by atoms with E-state index in [1.165, 1.54) is 4.90 Å². The molecule has 0 saturated heterocycles. The Bertz CT molecular complexity index is 758. The fourth-order valence-corrected chi connectivity index (χ4v) is 2.83. The lowest BCUT2D eigenvalue weighted by Gasteiger charge is -2.34. The van der Waals surface area contributed by atoms with Crippen molar-refractivity contribution in [1.29, 1.82) is 0 Å². The first-order chi connectivity index (χ1) is 11.6. The maximum atomic E-state index is 12.6. The number of aliphatic carboxylic acids is 1. The Balaban J connectivity index is 1.80. The Morgan fingerprint density at radius 2 is 1.79 bits per heavy atom. The Hall–Kier alpha value is -3.02. The van der Waals surface area contributed by atoms with E-state index in [0.717, 1.165) is 11.1 Å². The van der Waals surface area contributed by atoms with E-state index in [1.807, 2.05) is 24.3 Å². The summed E-state index contributed by atoms with van der Waals surface area (Å²) in [7, 11) is 1.57. The van der Waals surface area contributed by atoms with Gasteiger partial charge in [-0.25, -0.2) is 9.59 Å². The molecule has 0 aliphatic carbocycles. The number of carboxylic acid groups (broad SMARTS) is 1. The van der Waals surface area contributed by atoms with Crippen molar-refractivity contribution in [3.8, 4) is 5.75 Å². The SMILES string of the molecule is COc1ccc(NC(=O)N2Cc3ccccc3CC2C(=O)O)cc1.